The summed E-state index contributed by atoms with van der Waals surface area (Å²) in [6.07, 6.45) is 2.11. The van der Waals surface area contributed by atoms with Crippen LogP contribution in [0.25, 0.3) is 0 Å². The van der Waals surface area contributed by atoms with Gasteiger partial charge in [0.1, 0.15) is 12.4 Å². The number of carbonyl (C=O) groups excluding carboxylic acids is 2. The van der Waals surface area contributed by atoms with E-state index in [1.54, 1.807) is 38.1 Å². The fraction of sp³-hybridized carbons (Fsp3) is 0.360. The first kappa shape index (κ1) is 24.9. The van der Waals surface area contributed by atoms with Crippen molar-refractivity contribution in [3.8, 4) is 5.75 Å². The number of unbranched alkanes of at least 4 members (excludes halogenated alkanes) is 1. The van der Waals surface area contributed by atoms with Gasteiger partial charge in [-0.05, 0) is 62.1 Å². The molecule has 1 heterocycles. The van der Waals surface area contributed by atoms with E-state index >= 15 is 0 Å². The highest BCUT2D eigenvalue weighted by Crippen LogP contribution is 2.31. The van der Waals surface area contributed by atoms with Crippen molar-refractivity contribution in [1.29, 1.82) is 0 Å². The molecule has 0 aliphatic carbocycles. The fourth-order valence-corrected chi connectivity index (χ4v) is 3.81. The van der Waals surface area contributed by atoms with E-state index in [0.29, 0.717) is 40.1 Å². The van der Waals surface area contributed by atoms with Gasteiger partial charge >= 0.3 is 12.0 Å². The number of carbonyl (C=O) groups is 2. The van der Waals surface area contributed by atoms with Gasteiger partial charge in [0.25, 0.3) is 0 Å². The second-order valence-corrected chi connectivity index (χ2v) is 8.90. The Labute approximate surface area is 204 Å². The van der Waals surface area contributed by atoms with Crippen molar-refractivity contribution in [2.45, 2.75) is 58.8 Å². The Hall–Kier alpha value is -2.70. The molecule has 2 aromatic rings. The quantitative estimate of drug-likeness (QED) is 0.403. The molecule has 3 rings (SSSR count). The number of rotatable bonds is 9. The third-order valence-corrected chi connectivity index (χ3v) is 5.84. The Bertz CT molecular complexity index is 1040. The van der Waals surface area contributed by atoms with Gasteiger partial charge in [0.15, 0.2) is 0 Å². The van der Waals surface area contributed by atoms with E-state index < -0.39 is 12.0 Å². The zero-order valence-electron chi connectivity index (χ0n) is 18.9. The Morgan fingerprint density at radius 3 is 2.45 bits per heavy atom. The summed E-state index contributed by atoms with van der Waals surface area (Å²) in [5.41, 5.74) is 2.69. The smallest absolute Gasteiger partial charge is 0.338 e. The number of hydrogen-bond acceptors (Lipinski definition) is 4. The number of esters is 1. The monoisotopic (exact) mass is 490 g/mol. The highest BCUT2D eigenvalue weighted by molar-refractivity contribution is 6.42. The lowest BCUT2D eigenvalue weighted by Crippen LogP contribution is -2.46. The van der Waals surface area contributed by atoms with Crippen molar-refractivity contribution in [1.82, 2.24) is 10.6 Å². The molecule has 0 fully saturated rings. The molecule has 33 heavy (non-hydrogen) atoms. The van der Waals surface area contributed by atoms with Crippen molar-refractivity contribution < 1.29 is 19.1 Å². The summed E-state index contributed by atoms with van der Waals surface area (Å²) in [6.45, 7) is 5.99. The number of urea groups is 1. The van der Waals surface area contributed by atoms with Gasteiger partial charge in [-0.3, -0.25) is 0 Å². The van der Waals surface area contributed by atoms with E-state index in [1.165, 1.54) is 0 Å². The maximum atomic E-state index is 12.9. The normalized spacial score (nSPS) is 15.8. The first-order valence-corrected chi connectivity index (χ1v) is 11.7. The zero-order chi connectivity index (χ0) is 24.0. The lowest BCUT2D eigenvalue weighted by Gasteiger charge is -2.30. The van der Waals surface area contributed by atoms with Gasteiger partial charge in [-0.2, -0.15) is 0 Å². The SMILES string of the molecule is CCCCC1=C(C(=O)OC(C)C)C(c2ccc(OCc3ccc(Cl)c(Cl)c3)cc2)NC(=O)N1. The van der Waals surface area contributed by atoms with Crippen molar-refractivity contribution in [2.24, 2.45) is 0 Å². The summed E-state index contributed by atoms with van der Waals surface area (Å²) in [4.78, 5) is 25.3. The molecule has 0 saturated heterocycles. The summed E-state index contributed by atoms with van der Waals surface area (Å²) < 4.78 is 11.3. The van der Waals surface area contributed by atoms with Crippen LogP contribution in [0.2, 0.25) is 10.0 Å². The Balaban J connectivity index is 1.81. The van der Waals surface area contributed by atoms with E-state index in [4.69, 9.17) is 32.7 Å². The Morgan fingerprint density at radius 2 is 1.82 bits per heavy atom. The number of allylic oxidation sites excluding steroid dienone is 1. The summed E-state index contributed by atoms with van der Waals surface area (Å²) >= 11 is 12.0. The molecular formula is C25H28Cl2N2O4. The lowest BCUT2D eigenvalue weighted by atomic mass is 9.93. The van der Waals surface area contributed by atoms with Gasteiger partial charge in [-0.1, -0.05) is 54.7 Å². The number of ether oxygens (including phenoxy) is 2. The van der Waals surface area contributed by atoms with E-state index in [1.807, 2.05) is 18.2 Å². The van der Waals surface area contributed by atoms with Crippen LogP contribution in [0.1, 0.15) is 57.2 Å². The van der Waals surface area contributed by atoms with E-state index in [0.717, 1.165) is 24.0 Å². The first-order valence-electron chi connectivity index (χ1n) is 11.0. The minimum absolute atomic E-state index is 0.271. The molecule has 0 aromatic heterocycles. The summed E-state index contributed by atoms with van der Waals surface area (Å²) in [7, 11) is 0. The van der Waals surface area contributed by atoms with Gasteiger partial charge in [-0.25, -0.2) is 9.59 Å². The summed E-state index contributed by atoms with van der Waals surface area (Å²) in [5.74, 6) is 0.208. The van der Waals surface area contributed by atoms with Gasteiger partial charge in [-0.15, -0.1) is 0 Å². The second kappa shape index (κ2) is 11.4. The Kier molecular flexibility index (Phi) is 8.64. The molecule has 0 radical (unpaired) electrons. The molecule has 176 valence electrons. The van der Waals surface area contributed by atoms with Gasteiger partial charge in [0.05, 0.1) is 27.8 Å². The minimum atomic E-state index is -0.610. The second-order valence-electron chi connectivity index (χ2n) is 8.09. The molecule has 2 aromatic carbocycles. The van der Waals surface area contributed by atoms with Gasteiger partial charge in [0.2, 0.25) is 0 Å². The van der Waals surface area contributed by atoms with Crippen LogP contribution >= 0.6 is 23.2 Å². The molecule has 1 unspecified atom stereocenters. The number of halogens is 2. The predicted molar refractivity (Wildman–Crippen MR) is 129 cm³/mol. The zero-order valence-corrected chi connectivity index (χ0v) is 20.4. The number of nitrogens with one attached hydrogen (secondary N) is 2. The van der Waals surface area contributed by atoms with Crippen LogP contribution in [-0.4, -0.2) is 18.1 Å². The molecule has 0 bridgehead atoms. The van der Waals surface area contributed by atoms with Crippen molar-refractivity contribution in [3.63, 3.8) is 0 Å². The molecule has 2 N–H and O–H groups in total. The molecule has 1 aliphatic rings. The van der Waals surface area contributed by atoms with Crippen molar-refractivity contribution in [2.75, 3.05) is 0 Å². The highest BCUT2D eigenvalue weighted by atomic mass is 35.5. The van der Waals surface area contributed by atoms with Crippen LogP contribution in [0.15, 0.2) is 53.7 Å². The van der Waals surface area contributed by atoms with Gasteiger partial charge in [0, 0.05) is 5.70 Å². The summed E-state index contributed by atoms with van der Waals surface area (Å²) in [5, 5.41) is 6.62. The minimum Gasteiger partial charge on any atom is -0.489 e. The lowest BCUT2D eigenvalue weighted by molar-refractivity contribution is -0.143. The van der Waals surface area contributed by atoms with Crippen LogP contribution in [0.3, 0.4) is 0 Å². The third-order valence-electron chi connectivity index (χ3n) is 5.10. The van der Waals surface area contributed by atoms with E-state index in [9.17, 15) is 9.59 Å². The maximum absolute atomic E-state index is 12.9. The van der Waals surface area contributed by atoms with Crippen molar-refractivity contribution in [3.05, 3.63) is 74.9 Å². The molecule has 1 atom stereocenters. The van der Waals surface area contributed by atoms with Crippen LogP contribution in [0.5, 0.6) is 5.75 Å². The van der Waals surface area contributed by atoms with E-state index in [-0.39, 0.29) is 12.1 Å². The summed E-state index contributed by atoms with van der Waals surface area (Å²) in [6, 6.07) is 11.7. The first-order chi connectivity index (χ1) is 15.8. The van der Waals surface area contributed by atoms with Gasteiger partial charge < -0.3 is 20.1 Å². The number of amides is 2. The predicted octanol–water partition coefficient (Wildman–Crippen LogP) is 6.32. The van der Waals surface area contributed by atoms with Crippen molar-refractivity contribution >= 4 is 35.2 Å². The molecule has 2 amide bonds. The molecule has 0 spiro atoms. The third kappa shape index (κ3) is 6.65. The molecule has 1 aliphatic heterocycles. The molecule has 0 saturated carbocycles. The average molecular weight is 491 g/mol. The van der Waals surface area contributed by atoms with Crippen LogP contribution < -0.4 is 15.4 Å². The Morgan fingerprint density at radius 1 is 1.09 bits per heavy atom. The van der Waals surface area contributed by atoms with E-state index in [2.05, 4.69) is 17.6 Å². The average Bonchev–Trinajstić information content (AvgIpc) is 2.77. The van der Waals surface area contributed by atoms with Crippen LogP contribution in [0, 0.1) is 0 Å². The van der Waals surface area contributed by atoms with Crippen LogP contribution in [-0.2, 0) is 16.1 Å². The standard InChI is InChI=1S/C25H28Cl2N2O4/c1-4-5-6-21-22(24(30)33-15(2)3)23(29-25(31)28-21)17-8-10-18(11-9-17)32-14-16-7-12-19(26)20(27)13-16/h7-13,15,23H,4-6,14H2,1-3H3,(H2,28,29,31). The topological polar surface area (TPSA) is 76.7 Å². The van der Waals surface area contributed by atoms with Crippen LogP contribution in [0.4, 0.5) is 4.79 Å². The fourth-order valence-electron chi connectivity index (χ4n) is 3.49. The number of hydrogen-bond donors (Lipinski definition) is 2. The molecular weight excluding hydrogens is 463 g/mol. The molecule has 6 nitrogen and oxygen atoms in total. The largest absolute Gasteiger partial charge is 0.489 e. The highest BCUT2D eigenvalue weighted by Gasteiger charge is 2.33. The number of benzene rings is 2. The maximum Gasteiger partial charge on any atom is 0.338 e. The molecule has 8 heteroatoms.